The molecule has 6 heteroatoms. The minimum atomic E-state index is -3.99. The number of hydrogen-bond donors (Lipinski definition) is 1. The Balaban J connectivity index is 1.71. The molecule has 0 saturated heterocycles. The van der Waals surface area contributed by atoms with Crippen molar-refractivity contribution in [3.63, 3.8) is 0 Å². The average Bonchev–Trinajstić information content (AvgIpc) is 2.86. The van der Waals surface area contributed by atoms with Gasteiger partial charge in [-0.2, -0.15) is 0 Å². The maximum atomic E-state index is 13.8. The van der Waals surface area contributed by atoms with Crippen LogP contribution < -0.4 is 9.62 Å². The lowest BCUT2D eigenvalue weighted by Crippen LogP contribution is -2.42. The molecule has 0 fully saturated rings. The van der Waals surface area contributed by atoms with E-state index in [-0.39, 0.29) is 11.4 Å². The fourth-order valence-corrected chi connectivity index (χ4v) is 5.64. The molecule has 5 nitrogen and oxygen atoms in total. The number of rotatable bonds is 8. The molecule has 0 aliphatic heterocycles. The zero-order valence-electron chi connectivity index (χ0n) is 20.7. The van der Waals surface area contributed by atoms with E-state index in [1.54, 1.807) is 36.4 Å². The van der Waals surface area contributed by atoms with Crippen LogP contribution in [0.15, 0.2) is 108 Å². The highest BCUT2D eigenvalue weighted by atomic mass is 32.2. The quantitative estimate of drug-likeness (QED) is 0.338. The summed E-state index contributed by atoms with van der Waals surface area (Å²) in [4.78, 5) is 13.6. The number of amides is 1. The second kappa shape index (κ2) is 10.8. The van der Waals surface area contributed by atoms with Gasteiger partial charge in [-0.3, -0.25) is 9.10 Å². The Kier molecular flexibility index (Phi) is 7.55. The Morgan fingerprint density at radius 1 is 0.722 bits per heavy atom. The SMILES string of the molecule is Cc1ccc(S(=O)(=O)N(CC(=O)NC(c2ccccc2)c2ccccc2)c2cc(C)cc(C)c2)cc1. The van der Waals surface area contributed by atoms with Crippen molar-refractivity contribution in [3.05, 3.63) is 131 Å². The molecular formula is C30H30N2O3S. The summed E-state index contributed by atoms with van der Waals surface area (Å²) in [5.41, 5.74) is 5.08. The van der Waals surface area contributed by atoms with Gasteiger partial charge < -0.3 is 5.32 Å². The van der Waals surface area contributed by atoms with Gasteiger partial charge in [-0.15, -0.1) is 0 Å². The highest BCUT2D eigenvalue weighted by Gasteiger charge is 2.28. The van der Waals surface area contributed by atoms with Gasteiger partial charge in [0, 0.05) is 0 Å². The molecular weight excluding hydrogens is 468 g/mol. The van der Waals surface area contributed by atoms with E-state index in [0.717, 1.165) is 27.8 Å². The average molecular weight is 499 g/mol. The topological polar surface area (TPSA) is 66.5 Å². The first kappa shape index (κ1) is 25.2. The van der Waals surface area contributed by atoms with Crippen LogP contribution in [0.1, 0.15) is 33.9 Å². The van der Waals surface area contributed by atoms with Crippen LogP contribution in [0, 0.1) is 20.8 Å². The minimum Gasteiger partial charge on any atom is -0.344 e. The standard InChI is InChI=1S/C30H30N2O3S/c1-22-14-16-28(17-15-22)36(34,35)32(27-19-23(2)18-24(3)20-27)21-29(33)31-30(25-10-6-4-7-11-25)26-12-8-5-9-13-26/h4-20,30H,21H2,1-3H3,(H,31,33). The van der Waals surface area contributed by atoms with Gasteiger partial charge in [0.25, 0.3) is 10.0 Å². The van der Waals surface area contributed by atoms with Crippen molar-refractivity contribution in [3.8, 4) is 0 Å². The predicted molar refractivity (Wildman–Crippen MR) is 144 cm³/mol. The molecule has 184 valence electrons. The van der Waals surface area contributed by atoms with Crippen LogP contribution in [0.25, 0.3) is 0 Å². The zero-order valence-corrected chi connectivity index (χ0v) is 21.5. The van der Waals surface area contributed by atoms with Crippen molar-refractivity contribution in [2.24, 2.45) is 0 Å². The highest BCUT2D eigenvalue weighted by Crippen LogP contribution is 2.27. The fraction of sp³-hybridized carbons (Fsp3) is 0.167. The van der Waals surface area contributed by atoms with E-state index < -0.39 is 22.0 Å². The molecule has 0 bridgehead atoms. The molecule has 0 unspecified atom stereocenters. The van der Waals surface area contributed by atoms with E-state index in [0.29, 0.717) is 5.69 Å². The van der Waals surface area contributed by atoms with E-state index >= 15 is 0 Å². The molecule has 0 aromatic heterocycles. The Hall–Kier alpha value is -3.90. The highest BCUT2D eigenvalue weighted by molar-refractivity contribution is 7.92. The molecule has 4 aromatic carbocycles. The van der Waals surface area contributed by atoms with Crippen molar-refractivity contribution < 1.29 is 13.2 Å². The van der Waals surface area contributed by atoms with Crippen molar-refractivity contribution in [2.75, 3.05) is 10.8 Å². The van der Waals surface area contributed by atoms with Gasteiger partial charge in [0.15, 0.2) is 0 Å². The summed E-state index contributed by atoms with van der Waals surface area (Å²) in [5.74, 6) is -0.400. The lowest BCUT2D eigenvalue weighted by Gasteiger charge is -2.27. The normalized spacial score (nSPS) is 11.3. The van der Waals surface area contributed by atoms with Gasteiger partial charge in [-0.1, -0.05) is 84.4 Å². The van der Waals surface area contributed by atoms with Gasteiger partial charge in [0.05, 0.1) is 16.6 Å². The van der Waals surface area contributed by atoms with E-state index in [4.69, 9.17) is 0 Å². The van der Waals surface area contributed by atoms with Crippen molar-refractivity contribution in [1.29, 1.82) is 0 Å². The van der Waals surface area contributed by atoms with Crippen molar-refractivity contribution in [2.45, 2.75) is 31.7 Å². The monoisotopic (exact) mass is 498 g/mol. The fourth-order valence-electron chi connectivity index (χ4n) is 4.23. The van der Waals surface area contributed by atoms with Crippen molar-refractivity contribution >= 4 is 21.6 Å². The van der Waals surface area contributed by atoms with Crippen LogP contribution >= 0.6 is 0 Å². The minimum absolute atomic E-state index is 0.141. The van der Waals surface area contributed by atoms with E-state index in [1.807, 2.05) is 87.5 Å². The molecule has 0 spiro atoms. The largest absolute Gasteiger partial charge is 0.344 e. The molecule has 36 heavy (non-hydrogen) atoms. The van der Waals surface area contributed by atoms with Crippen molar-refractivity contribution in [1.82, 2.24) is 5.32 Å². The van der Waals surface area contributed by atoms with Crippen LogP contribution in [0.5, 0.6) is 0 Å². The maximum Gasteiger partial charge on any atom is 0.264 e. The van der Waals surface area contributed by atoms with Gasteiger partial charge in [0.1, 0.15) is 6.54 Å². The molecule has 0 radical (unpaired) electrons. The molecule has 0 aliphatic rings. The number of anilines is 1. The number of aryl methyl sites for hydroxylation is 3. The molecule has 1 amide bonds. The number of carbonyl (C=O) groups is 1. The molecule has 0 atom stereocenters. The number of nitrogens with one attached hydrogen (secondary N) is 1. The lowest BCUT2D eigenvalue weighted by molar-refractivity contribution is -0.120. The van der Waals surface area contributed by atoms with Gasteiger partial charge >= 0.3 is 0 Å². The first-order valence-corrected chi connectivity index (χ1v) is 13.2. The summed E-state index contributed by atoms with van der Waals surface area (Å²) in [5, 5.41) is 3.07. The first-order chi connectivity index (χ1) is 17.2. The van der Waals surface area contributed by atoms with Crippen LogP contribution in [-0.2, 0) is 14.8 Å². The number of nitrogens with zero attached hydrogens (tertiary/aromatic N) is 1. The lowest BCUT2D eigenvalue weighted by atomic mass is 9.99. The Bertz CT molecular complexity index is 1380. The zero-order chi connectivity index (χ0) is 25.7. The summed E-state index contributed by atoms with van der Waals surface area (Å²) in [6.45, 7) is 5.37. The predicted octanol–water partition coefficient (Wildman–Crippen LogP) is 5.71. The Labute approximate surface area is 213 Å². The van der Waals surface area contributed by atoms with Gasteiger partial charge in [-0.25, -0.2) is 8.42 Å². The first-order valence-electron chi connectivity index (χ1n) is 11.8. The van der Waals surface area contributed by atoms with Gasteiger partial charge in [0.2, 0.25) is 5.91 Å². The molecule has 1 N–H and O–H groups in total. The third kappa shape index (κ3) is 5.83. The van der Waals surface area contributed by atoms with E-state index in [1.165, 1.54) is 4.31 Å². The third-order valence-corrected chi connectivity index (χ3v) is 7.75. The molecule has 0 saturated carbocycles. The van der Waals surface area contributed by atoms with E-state index in [2.05, 4.69) is 5.32 Å². The van der Waals surface area contributed by atoms with Crippen LogP contribution in [0.2, 0.25) is 0 Å². The third-order valence-electron chi connectivity index (χ3n) is 5.96. The summed E-state index contributed by atoms with van der Waals surface area (Å²) in [6.07, 6.45) is 0. The summed E-state index contributed by atoms with van der Waals surface area (Å²) in [6, 6.07) is 31.1. The van der Waals surface area contributed by atoms with Gasteiger partial charge in [-0.05, 0) is 67.3 Å². The Morgan fingerprint density at radius 3 is 1.72 bits per heavy atom. The summed E-state index contributed by atoms with van der Waals surface area (Å²) < 4.78 is 28.7. The Morgan fingerprint density at radius 2 is 1.22 bits per heavy atom. The second-order valence-corrected chi connectivity index (χ2v) is 10.9. The molecule has 4 aromatic rings. The van der Waals surface area contributed by atoms with Crippen LogP contribution in [0.3, 0.4) is 0 Å². The summed E-state index contributed by atoms with van der Waals surface area (Å²) >= 11 is 0. The number of carbonyl (C=O) groups excluding carboxylic acids is 1. The van der Waals surface area contributed by atoms with Crippen LogP contribution in [0.4, 0.5) is 5.69 Å². The molecule has 4 rings (SSSR count). The number of sulfonamides is 1. The maximum absolute atomic E-state index is 13.8. The smallest absolute Gasteiger partial charge is 0.264 e. The molecule has 0 heterocycles. The summed E-state index contributed by atoms with van der Waals surface area (Å²) in [7, 11) is -3.99. The number of benzene rings is 4. The molecule has 0 aliphatic carbocycles. The van der Waals surface area contributed by atoms with Crippen LogP contribution in [-0.4, -0.2) is 20.9 Å². The number of hydrogen-bond acceptors (Lipinski definition) is 3. The van der Waals surface area contributed by atoms with E-state index in [9.17, 15) is 13.2 Å². The second-order valence-electron chi connectivity index (χ2n) is 8.99.